The molecule has 1 aromatic heterocycles. The molecule has 0 saturated heterocycles. The summed E-state index contributed by atoms with van der Waals surface area (Å²) in [4.78, 5) is 4.90. The number of aromatic nitrogens is 2. The molecule has 0 aliphatic heterocycles. The molecule has 0 fully saturated rings. The third-order valence-electron chi connectivity index (χ3n) is 5.19. The van der Waals surface area contributed by atoms with E-state index in [1.54, 1.807) is 0 Å². The highest BCUT2D eigenvalue weighted by Crippen LogP contribution is 2.28. The van der Waals surface area contributed by atoms with Gasteiger partial charge in [-0.3, -0.25) is 0 Å². The zero-order valence-corrected chi connectivity index (χ0v) is 19.5. The second-order valence-corrected chi connectivity index (χ2v) is 8.81. The van der Waals surface area contributed by atoms with E-state index in [0.717, 1.165) is 68.2 Å². The first-order valence-electron chi connectivity index (χ1n) is 10.1. The average molecular weight is 484 g/mol. The number of hydrogen-bond acceptors (Lipinski definition) is 2. The van der Waals surface area contributed by atoms with E-state index in [1.165, 1.54) is 0 Å². The Balaban J connectivity index is 1.46. The van der Waals surface area contributed by atoms with Gasteiger partial charge in [0.1, 0.15) is 11.6 Å². The summed E-state index contributed by atoms with van der Waals surface area (Å²) in [7, 11) is 0. The fourth-order valence-electron chi connectivity index (χ4n) is 3.70. The van der Waals surface area contributed by atoms with Crippen LogP contribution in [0.15, 0.2) is 65.1 Å². The average Bonchev–Trinajstić information content (AvgIpc) is 3.10. The summed E-state index contributed by atoms with van der Waals surface area (Å²) in [5, 5.41) is 0.814. The van der Waals surface area contributed by atoms with Crippen molar-refractivity contribution in [2.45, 2.75) is 33.2 Å². The van der Waals surface area contributed by atoms with Gasteiger partial charge in [0.15, 0.2) is 0 Å². The Labute approximate surface area is 190 Å². The molecule has 0 radical (unpaired) electrons. The molecule has 4 aromatic rings. The summed E-state index contributed by atoms with van der Waals surface area (Å²) in [5.41, 5.74) is 5.41. The van der Waals surface area contributed by atoms with Crippen molar-refractivity contribution < 1.29 is 4.74 Å². The van der Waals surface area contributed by atoms with Crippen molar-refractivity contribution in [3.05, 3.63) is 81.3 Å². The molecule has 4 rings (SSSR count). The van der Waals surface area contributed by atoms with Gasteiger partial charge in [0, 0.05) is 21.6 Å². The van der Waals surface area contributed by atoms with Gasteiger partial charge >= 0.3 is 0 Å². The van der Waals surface area contributed by atoms with Crippen LogP contribution in [0, 0.1) is 13.8 Å². The van der Waals surface area contributed by atoms with E-state index < -0.39 is 0 Å². The molecule has 0 unspecified atom stereocenters. The van der Waals surface area contributed by atoms with Crippen LogP contribution in [-0.2, 0) is 6.54 Å². The Hall–Kier alpha value is -2.30. The van der Waals surface area contributed by atoms with Gasteiger partial charge in [-0.05, 0) is 74.2 Å². The van der Waals surface area contributed by atoms with Crippen molar-refractivity contribution in [2.75, 3.05) is 6.61 Å². The van der Waals surface area contributed by atoms with Crippen molar-refractivity contribution in [1.82, 2.24) is 9.55 Å². The van der Waals surface area contributed by atoms with Crippen LogP contribution < -0.4 is 4.74 Å². The summed E-state index contributed by atoms with van der Waals surface area (Å²) in [5.74, 6) is 1.89. The van der Waals surface area contributed by atoms with Crippen LogP contribution in [-0.4, -0.2) is 16.2 Å². The summed E-state index contributed by atoms with van der Waals surface area (Å²) in [6, 6.07) is 20.6. The zero-order valence-electron chi connectivity index (χ0n) is 17.2. The Morgan fingerprint density at radius 3 is 2.50 bits per heavy atom. The number of hydrogen-bond donors (Lipinski definition) is 0. The molecule has 0 saturated carbocycles. The Morgan fingerprint density at radius 2 is 1.73 bits per heavy atom. The molecule has 0 N–H and O–H groups in total. The fourth-order valence-corrected chi connectivity index (χ4v) is 4.21. The van der Waals surface area contributed by atoms with Gasteiger partial charge in [-0.25, -0.2) is 4.98 Å². The van der Waals surface area contributed by atoms with Crippen LogP contribution in [0.5, 0.6) is 5.75 Å². The number of nitrogens with zero attached hydrogens (tertiary/aromatic N) is 2. The molecule has 0 spiro atoms. The molecule has 0 bridgehead atoms. The number of rotatable bonds is 7. The maximum atomic E-state index is 6.25. The second-order valence-electron chi connectivity index (χ2n) is 7.51. The normalized spacial score (nSPS) is 11.2. The number of para-hydroxylation sites is 2. The van der Waals surface area contributed by atoms with Gasteiger partial charge in [-0.2, -0.15) is 0 Å². The molecule has 1 heterocycles. The molecule has 3 nitrogen and oxygen atoms in total. The summed E-state index contributed by atoms with van der Waals surface area (Å²) < 4.78 is 9.34. The predicted molar refractivity (Wildman–Crippen MR) is 129 cm³/mol. The van der Waals surface area contributed by atoms with E-state index in [4.69, 9.17) is 21.3 Å². The van der Waals surface area contributed by atoms with Crippen molar-refractivity contribution in [2.24, 2.45) is 0 Å². The molecule has 0 aliphatic carbocycles. The smallest absolute Gasteiger partial charge is 0.141 e. The number of ether oxygens (including phenoxy) is 1. The summed E-state index contributed by atoms with van der Waals surface area (Å²) >= 11 is 9.82. The minimum Gasteiger partial charge on any atom is -0.494 e. The predicted octanol–water partition coefficient (Wildman–Crippen LogP) is 7.60. The van der Waals surface area contributed by atoms with Crippen molar-refractivity contribution >= 4 is 38.6 Å². The second kappa shape index (κ2) is 9.23. The molecule has 0 aliphatic rings. The standard InChI is InChI=1S/C25H24BrClN2O/c1-17-14-21(15-18(2)24(17)27)30-13-6-5-12-29-23-11-4-3-10-22(23)28-25(29)19-8-7-9-20(26)16-19/h3-4,7-11,14-16H,5-6,12-13H2,1-2H3. The van der Waals surface area contributed by atoms with E-state index in [1.807, 2.05) is 44.2 Å². The van der Waals surface area contributed by atoms with E-state index in [0.29, 0.717) is 6.61 Å². The SMILES string of the molecule is Cc1cc(OCCCCn2c(-c3cccc(Br)c3)nc3ccccc32)cc(C)c1Cl. The van der Waals surface area contributed by atoms with E-state index in [9.17, 15) is 0 Å². The van der Waals surface area contributed by atoms with Gasteiger partial charge in [0.25, 0.3) is 0 Å². The minimum absolute atomic E-state index is 0.680. The lowest BCUT2D eigenvalue weighted by atomic mass is 10.1. The van der Waals surface area contributed by atoms with E-state index >= 15 is 0 Å². The van der Waals surface area contributed by atoms with Gasteiger partial charge in [-0.15, -0.1) is 0 Å². The number of benzene rings is 3. The number of unbranched alkanes of at least 4 members (excludes halogenated alkanes) is 1. The molecule has 3 aromatic carbocycles. The van der Waals surface area contributed by atoms with Crippen LogP contribution in [0.3, 0.4) is 0 Å². The van der Waals surface area contributed by atoms with Gasteiger partial charge in [0.2, 0.25) is 0 Å². The zero-order chi connectivity index (χ0) is 21.1. The third-order valence-corrected chi connectivity index (χ3v) is 6.28. The Kier molecular flexibility index (Phi) is 6.45. The maximum Gasteiger partial charge on any atom is 0.141 e. The highest BCUT2D eigenvalue weighted by Gasteiger charge is 2.12. The number of fused-ring (bicyclic) bond motifs is 1. The Bertz CT molecular complexity index is 1160. The number of imidazole rings is 1. The number of aryl methyl sites for hydroxylation is 3. The topological polar surface area (TPSA) is 27.1 Å². The first-order valence-corrected chi connectivity index (χ1v) is 11.3. The molecule has 0 atom stereocenters. The first-order chi connectivity index (χ1) is 14.5. The minimum atomic E-state index is 0.680. The Morgan fingerprint density at radius 1 is 0.967 bits per heavy atom. The summed E-state index contributed by atoms with van der Waals surface area (Å²) in [6.07, 6.45) is 1.97. The largest absolute Gasteiger partial charge is 0.494 e. The van der Waals surface area contributed by atoms with Crippen molar-refractivity contribution in [1.29, 1.82) is 0 Å². The van der Waals surface area contributed by atoms with E-state index in [-0.39, 0.29) is 0 Å². The molecule has 30 heavy (non-hydrogen) atoms. The molecule has 0 amide bonds. The van der Waals surface area contributed by atoms with Crippen molar-refractivity contribution in [3.8, 4) is 17.1 Å². The van der Waals surface area contributed by atoms with Crippen LogP contribution in [0.1, 0.15) is 24.0 Å². The molecular formula is C25H24BrClN2O. The van der Waals surface area contributed by atoms with Gasteiger partial charge < -0.3 is 9.30 Å². The number of halogens is 2. The monoisotopic (exact) mass is 482 g/mol. The van der Waals surface area contributed by atoms with Crippen LogP contribution in [0.25, 0.3) is 22.4 Å². The lowest BCUT2D eigenvalue weighted by molar-refractivity contribution is 0.303. The summed E-state index contributed by atoms with van der Waals surface area (Å²) in [6.45, 7) is 5.59. The lowest BCUT2D eigenvalue weighted by Crippen LogP contribution is -2.04. The molecule has 154 valence electrons. The lowest BCUT2D eigenvalue weighted by Gasteiger charge is -2.12. The van der Waals surface area contributed by atoms with Crippen molar-refractivity contribution in [3.63, 3.8) is 0 Å². The van der Waals surface area contributed by atoms with Crippen LogP contribution in [0.2, 0.25) is 5.02 Å². The molecular weight excluding hydrogens is 460 g/mol. The highest BCUT2D eigenvalue weighted by molar-refractivity contribution is 9.10. The van der Waals surface area contributed by atoms with E-state index in [2.05, 4.69) is 50.8 Å². The quantitative estimate of drug-likeness (QED) is 0.253. The van der Waals surface area contributed by atoms with Gasteiger partial charge in [0.05, 0.1) is 17.6 Å². The maximum absolute atomic E-state index is 6.25. The fraction of sp³-hybridized carbons (Fsp3) is 0.240. The van der Waals surface area contributed by atoms with Crippen LogP contribution in [0.4, 0.5) is 0 Å². The molecule has 5 heteroatoms. The first kappa shape index (κ1) is 21.0. The van der Waals surface area contributed by atoms with Crippen LogP contribution >= 0.6 is 27.5 Å². The highest BCUT2D eigenvalue weighted by atomic mass is 79.9. The van der Waals surface area contributed by atoms with Gasteiger partial charge in [-0.1, -0.05) is 51.8 Å². The third kappa shape index (κ3) is 4.55.